The van der Waals surface area contributed by atoms with Crippen molar-refractivity contribution in [3.05, 3.63) is 28.8 Å². The van der Waals surface area contributed by atoms with Gasteiger partial charge in [-0.05, 0) is 38.2 Å². The number of hydrogen-bond acceptors (Lipinski definition) is 3. The molecule has 0 radical (unpaired) electrons. The highest BCUT2D eigenvalue weighted by Gasteiger charge is 2.19. The van der Waals surface area contributed by atoms with Gasteiger partial charge in [-0.2, -0.15) is 0 Å². The molecule has 1 aromatic carbocycles. The molecule has 1 fully saturated rings. The predicted molar refractivity (Wildman–Crippen MR) is 67.4 cm³/mol. The molecule has 17 heavy (non-hydrogen) atoms. The molecule has 0 atom stereocenters. The molecule has 0 aromatic heterocycles. The first-order valence-corrected chi connectivity index (χ1v) is 6.30. The lowest BCUT2D eigenvalue weighted by molar-refractivity contribution is 0.154. The predicted octanol–water partition coefficient (Wildman–Crippen LogP) is 2.96. The lowest BCUT2D eigenvalue weighted by atomic mass is 9.86. The second kappa shape index (κ2) is 5.52. The maximum Gasteiger partial charge on any atom is 0.126 e. The summed E-state index contributed by atoms with van der Waals surface area (Å²) in [5.74, 6) is 1.66. The minimum Gasteiger partial charge on any atom is -0.493 e. The van der Waals surface area contributed by atoms with Crippen molar-refractivity contribution in [3.63, 3.8) is 0 Å². The van der Waals surface area contributed by atoms with Crippen molar-refractivity contribution in [1.29, 1.82) is 0 Å². The molecule has 0 amide bonds. The molecule has 0 spiro atoms. The lowest BCUT2D eigenvalue weighted by Gasteiger charge is -2.26. The zero-order valence-electron chi connectivity index (χ0n) is 10.6. The Morgan fingerprint density at radius 2 is 2.12 bits per heavy atom. The monoisotopic (exact) mass is 235 g/mol. The van der Waals surface area contributed by atoms with Gasteiger partial charge >= 0.3 is 0 Å². The molecule has 3 nitrogen and oxygen atoms in total. The van der Waals surface area contributed by atoms with Gasteiger partial charge in [-0.3, -0.25) is 0 Å². The van der Waals surface area contributed by atoms with E-state index < -0.39 is 0 Å². The van der Waals surface area contributed by atoms with Crippen LogP contribution in [0.4, 0.5) is 0 Å². The van der Waals surface area contributed by atoms with E-state index in [9.17, 15) is 0 Å². The van der Waals surface area contributed by atoms with Gasteiger partial charge in [-0.25, -0.2) is 5.48 Å². The van der Waals surface area contributed by atoms with E-state index in [4.69, 9.17) is 9.94 Å². The first-order chi connectivity index (χ1) is 8.20. The van der Waals surface area contributed by atoms with Crippen LogP contribution in [-0.2, 0) is 6.54 Å². The van der Waals surface area contributed by atoms with Crippen LogP contribution in [0.5, 0.6) is 5.75 Å². The van der Waals surface area contributed by atoms with Crippen LogP contribution in [0.25, 0.3) is 0 Å². The van der Waals surface area contributed by atoms with Crippen LogP contribution in [0.2, 0.25) is 0 Å². The maximum atomic E-state index is 8.86. The van der Waals surface area contributed by atoms with Crippen molar-refractivity contribution in [3.8, 4) is 5.75 Å². The van der Waals surface area contributed by atoms with Crippen molar-refractivity contribution >= 4 is 0 Å². The molecule has 0 bridgehead atoms. The van der Waals surface area contributed by atoms with Crippen LogP contribution in [0, 0.1) is 19.8 Å². The first-order valence-electron chi connectivity index (χ1n) is 6.30. The summed E-state index contributed by atoms with van der Waals surface area (Å²) in [6.07, 6.45) is 3.92. The van der Waals surface area contributed by atoms with Crippen molar-refractivity contribution in [2.24, 2.45) is 5.92 Å². The average Bonchev–Trinajstić information content (AvgIpc) is 2.19. The van der Waals surface area contributed by atoms with E-state index in [-0.39, 0.29) is 0 Å². The SMILES string of the molecule is Cc1cc(C)c(OCC2CCC2)c(CNO)c1. The highest BCUT2D eigenvalue weighted by molar-refractivity contribution is 5.43. The summed E-state index contributed by atoms with van der Waals surface area (Å²) in [5, 5.41) is 8.86. The summed E-state index contributed by atoms with van der Waals surface area (Å²) >= 11 is 0. The minimum absolute atomic E-state index is 0.433. The molecule has 2 N–H and O–H groups in total. The summed E-state index contributed by atoms with van der Waals surface area (Å²) in [4.78, 5) is 0. The molecule has 94 valence electrons. The van der Waals surface area contributed by atoms with Gasteiger partial charge in [0.1, 0.15) is 5.75 Å². The van der Waals surface area contributed by atoms with Crippen LogP contribution in [0.3, 0.4) is 0 Å². The molecule has 0 saturated heterocycles. The Morgan fingerprint density at radius 3 is 2.71 bits per heavy atom. The smallest absolute Gasteiger partial charge is 0.126 e. The number of ether oxygens (including phenoxy) is 1. The fourth-order valence-corrected chi connectivity index (χ4v) is 2.33. The Balaban J connectivity index is 2.11. The van der Waals surface area contributed by atoms with Crippen LogP contribution >= 0.6 is 0 Å². The third-order valence-electron chi connectivity index (χ3n) is 3.45. The van der Waals surface area contributed by atoms with E-state index in [0.717, 1.165) is 29.4 Å². The first kappa shape index (κ1) is 12.4. The van der Waals surface area contributed by atoms with Gasteiger partial charge in [0.05, 0.1) is 6.61 Å². The Hall–Kier alpha value is -1.06. The summed E-state index contributed by atoms with van der Waals surface area (Å²) < 4.78 is 5.93. The zero-order chi connectivity index (χ0) is 12.3. The molecular formula is C14H21NO2. The van der Waals surface area contributed by atoms with Crippen LogP contribution in [0.1, 0.15) is 36.0 Å². The highest BCUT2D eigenvalue weighted by atomic mass is 16.5. The average molecular weight is 235 g/mol. The van der Waals surface area contributed by atoms with Gasteiger partial charge in [-0.1, -0.05) is 24.1 Å². The number of nitrogens with one attached hydrogen (secondary N) is 1. The van der Waals surface area contributed by atoms with E-state index in [1.165, 1.54) is 24.8 Å². The normalized spacial score (nSPS) is 15.7. The second-order valence-corrected chi connectivity index (χ2v) is 5.01. The largest absolute Gasteiger partial charge is 0.493 e. The van der Waals surface area contributed by atoms with Gasteiger partial charge in [0.25, 0.3) is 0 Å². The Morgan fingerprint density at radius 1 is 1.35 bits per heavy atom. The zero-order valence-corrected chi connectivity index (χ0v) is 10.6. The van der Waals surface area contributed by atoms with E-state index in [1.807, 2.05) is 0 Å². The fourth-order valence-electron chi connectivity index (χ4n) is 2.33. The molecular weight excluding hydrogens is 214 g/mol. The Labute approximate surface area is 103 Å². The number of aryl methyl sites for hydroxylation is 2. The number of benzene rings is 1. The third-order valence-corrected chi connectivity index (χ3v) is 3.45. The topological polar surface area (TPSA) is 41.5 Å². The minimum atomic E-state index is 0.433. The molecule has 1 aromatic rings. The molecule has 2 rings (SSSR count). The summed E-state index contributed by atoms with van der Waals surface area (Å²) in [7, 11) is 0. The quantitative estimate of drug-likeness (QED) is 0.771. The van der Waals surface area contributed by atoms with Crippen LogP contribution in [0.15, 0.2) is 12.1 Å². The van der Waals surface area contributed by atoms with Gasteiger partial charge in [0.2, 0.25) is 0 Å². The van der Waals surface area contributed by atoms with Crippen molar-refractivity contribution in [2.75, 3.05) is 6.61 Å². The second-order valence-electron chi connectivity index (χ2n) is 5.01. The number of rotatable bonds is 5. The van der Waals surface area contributed by atoms with E-state index in [1.54, 1.807) is 0 Å². The summed E-state index contributed by atoms with van der Waals surface area (Å²) in [5.41, 5.74) is 5.59. The summed E-state index contributed by atoms with van der Waals surface area (Å²) in [6.45, 7) is 5.36. The van der Waals surface area contributed by atoms with E-state index >= 15 is 0 Å². The van der Waals surface area contributed by atoms with Crippen LogP contribution < -0.4 is 10.2 Å². The molecule has 0 aliphatic heterocycles. The van der Waals surface area contributed by atoms with Crippen molar-refractivity contribution < 1.29 is 9.94 Å². The van der Waals surface area contributed by atoms with Crippen molar-refractivity contribution in [1.82, 2.24) is 5.48 Å². The standard InChI is InChI=1S/C14H21NO2/c1-10-6-11(2)14(13(7-10)8-15-16)17-9-12-4-3-5-12/h6-7,12,15-16H,3-5,8-9H2,1-2H3. The van der Waals surface area contributed by atoms with Gasteiger partial charge in [0, 0.05) is 12.1 Å². The Kier molecular flexibility index (Phi) is 4.02. The number of hydrogen-bond donors (Lipinski definition) is 2. The summed E-state index contributed by atoms with van der Waals surface area (Å²) in [6, 6.07) is 4.18. The molecule has 0 unspecified atom stereocenters. The van der Waals surface area contributed by atoms with Gasteiger partial charge in [0.15, 0.2) is 0 Å². The molecule has 1 saturated carbocycles. The maximum absolute atomic E-state index is 8.86. The van der Waals surface area contributed by atoms with Crippen molar-refractivity contribution in [2.45, 2.75) is 39.7 Å². The Bertz CT molecular complexity index is 386. The fraction of sp³-hybridized carbons (Fsp3) is 0.571. The third kappa shape index (κ3) is 2.99. The van der Waals surface area contributed by atoms with E-state index in [2.05, 4.69) is 31.5 Å². The highest BCUT2D eigenvalue weighted by Crippen LogP contribution is 2.30. The van der Waals surface area contributed by atoms with E-state index in [0.29, 0.717) is 6.54 Å². The lowest BCUT2D eigenvalue weighted by Crippen LogP contribution is -2.20. The van der Waals surface area contributed by atoms with Gasteiger partial charge < -0.3 is 9.94 Å². The van der Waals surface area contributed by atoms with Gasteiger partial charge in [-0.15, -0.1) is 0 Å². The number of hydroxylamine groups is 1. The molecule has 1 aliphatic rings. The molecule has 0 heterocycles. The molecule has 3 heteroatoms. The van der Waals surface area contributed by atoms with Crippen LogP contribution in [-0.4, -0.2) is 11.8 Å². The molecule has 1 aliphatic carbocycles.